The maximum atomic E-state index is 13.0. The van der Waals surface area contributed by atoms with Crippen molar-refractivity contribution in [1.29, 1.82) is 0 Å². The van der Waals surface area contributed by atoms with Crippen LogP contribution in [0.2, 0.25) is 0 Å². The minimum atomic E-state index is 0.0163. The standard InChI is InChI=1S/C17H21N5O.C17H18N4O/c1-13-16(19-12-18-13)11-22-9-8-14(10-17(22)23)20-21(2)15-6-4-3-5-7-15;1-11-13(19-10-18-11)9-21-8-7-15-16(17(21)22)12-5-3-4-6-14(12)20(15)2/h3-7,10,12,20H,8-9,11H2,1-2H3,(H,18,19);3-6,10H,7-9H2,1-2H3,(H,18,19). The lowest BCUT2D eigenvalue weighted by atomic mass is 10.0. The molecule has 0 spiro atoms. The van der Waals surface area contributed by atoms with E-state index >= 15 is 0 Å². The summed E-state index contributed by atoms with van der Waals surface area (Å²) in [5, 5.41) is 2.97. The number of hydrazine groups is 1. The minimum Gasteiger partial charge on any atom is -0.348 e. The molecule has 0 radical (unpaired) electrons. The van der Waals surface area contributed by atoms with Gasteiger partial charge < -0.3 is 29.8 Å². The lowest BCUT2D eigenvalue weighted by Crippen LogP contribution is -2.40. The van der Waals surface area contributed by atoms with Crippen LogP contribution in [0.1, 0.15) is 45.2 Å². The van der Waals surface area contributed by atoms with Crippen LogP contribution in [0.5, 0.6) is 0 Å². The number of aromatic nitrogens is 5. The van der Waals surface area contributed by atoms with E-state index in [2.05, 4.69) is 36.0 Å². The second kappa shape index (κ2) is 12.7. The average molecular weight is 606 g/mol. The number of aromatic amines is 2. The summed E-state index contributed by atoms with van der Waals surface area (Å²) in [6, 6.07) is 18.1. The number of carbonyl (C=O) groups excluding carboxylic acids is 2. The Morgan fingerprint density at radius 3 is 2.11 bits per heavy atom. The van der Waals surface area contributed by atoms with Gasteiger partial charge in [0.05, 0.1) is 48.4 Å². The predicted molar refractivity (Wildman–Crippen MR) is 174 cm³/mol. The highest BCUT2D eigenvalue weighted by atomic mass is 16.2. The molecule has 0 bridgehead atoms. The summed E-state index contributed by atoms with van der Waals surface area (Å²) >= 11 is 0. The first-order chi connectivity index (χ1) is 21.8. The Morgan fingerprint density at radius 2 is 1.47 bits per heavy atom. The molecule has 2 aliphatic heterocycles. The second-order valence-corrected chi connectivity index (χ2v) is 11.5. The summed E-state index contributed by atoms with van der Waals surface area (Å²) in [5.41, 5.74) is 12.3. The Morgan fingerprint density at radius 1 is 0.844 bits per heavy atom. The fourth-order valence-corrected chi connectivity index (χ4v) is 5.94. The number of rotatable bonds is 7. The van der Waals surface area contributed by atoms with Crippen molar-refractivity contribution in [2.24, 2.45) is 7.05 Å². The first-order valence-corrected chi connectivity index (χ1v) is 15.2. The van der Waals surface area contributed by atoms with Gasteiger partial charge in [0.25, 0.3) is 5.91 Å². The third-order valence-electron chi connectivity index (χ3n) is 8.61. The second-order valence-electron chi connectivity index (χ2n) is 11.5. The van der Waals surface area contributed by atoms with Gasteiger partial charge in [-0.05, 0) is 32.0 Å². The molecule has 232 valence electrons. The number of anilines is 1. The summed E-state index contributed by atoms with van der Waals surface area (Å²) in [5.74, 6) is 0.128. The van der Waals surface area contributed by atoms with E-state index in [0.29, 0.717) is 19.6 Å². The van der Waals surface area contributed by atoms with Gasteiger partial charge in [0.1, 0.15) is 0 Å². The summed E-state index contributed by atoms with van der Waals surface area (Å²) in [6.07, 6.45) is 6.70. The van der Waals surface area contributed by atoms with E-state index < -0.39 is 0 Å². The number of amides is 2. The van der Waals surface area contributed by atoms with Gasteiger partial charge in [-0.2, -0.15) is 0 Å². The normalized spacial score (nSPS) is 14.6. The van der Waals surface area contributed by atoms with Crippen LogP contribution in [-0.4, -0.2) is 66.3 Å². The molecule has 3 N–H and O–H groups in total. The molecule has 0 saturated heterocycles. The minimum absolute atomic E-state index is 0.0163. The molecule has 7 rings (SSSR count). The van der Waals surface area contributed by atoms with Gasteiger partial charge in [0.15, 0.2) is 0 Å². The van der Waals surface area contributed by atoms with Crippen molar-refractivity contribution >= 4 is 28.4 Å². The van der Waals surface area contributed by atoms with Gasteiger partial charge in [-0.15, -0.1) is 0 Å². The molecule has 0 saturated carbocycles. The van der Waals surface area contributed by atoms with Gasteiger partial charge in [-0.3, -0.25) is 14.6 Å². The van der Waals surface area contributed by atoms with Crippen LogP contribution in [0.25, 0.3) is 10.9 Å². The molecule has 0 fully saturated rings. The summed E-state index contributed by atoms with van der Waals surface area (Å²) in [7, 11) is 3.99. The third kappa shape index (κ3) is 6.19. The first kappa shape index (κ1) is 29.7. The van der Waals surface area contributed by atoms with Crippen LogP contribution < -0.4 is 10.4 Å². The smallest absolute Gasteiger partial charge is 0.256 e. The van der Waals surface area contributed by atoms with Gasteiger partial charge in [0.2, 0.25) is 5.91 Å². The maximum Gasteiger partial charge on any atom is 0.256 e. The van der Waals surface area contributed by atoms with Gasteiger partial charge in [0, 0.05) is 79.8 Å². The maximum absolute atomic E-state index is 13.0. The van der Waals surface area contributed by atoms with Crippen molar-refractivity contribution in [2.45, 2.75) is 39.8 Å². The first-order valence-electron chi connectivity index (χ1n) is 15.2. The van der Waals surface area contributed by atoms with Gasteiger partial charge >= 0.3 is 0 Å². The molecule has 5 heterocycles. The lowest BCUT2D eigenvalue weighted by molar-refractivity contribution is -0.127. The zero-order chi connectivity index (χ0) is 31.5. The van der Waals surface area contributed by atoms with Crippen LogP contribution >= 0.6 is 0 Å². The van der Waals surface area contributed by atoms with E-state index in [9.17, 15) is 9.59 Å². The molecule has 11 heteroatoms. The van der Waals surface area contributed by atoms with Crippen LogP contribution in [0, 0.1) is 13.8 Å². The summed E-state index contributed by atoms with van der Waals surface area (Å²) in [4.78, 5) is 43.7. The van der Waals surface area contributed by atoms with Crippen molar-refractivity contribution in [3.05, 3.63) is 113 Å². The Labute approximate surface area is 262 Å². The van der Waals surface area contributed by atoms with Gasteiger partial charge in [-0.1, -0.05) is 36.4 Å². The topological polar surface area (TPSA) is 118 Å². The molecular formula is C34H39N9O2. The fourth-order valence-electron chi connectivity index (χ4n) is 5.94. The number of imidazole rings is 2. The zero-order valence-corrected chi connectivity index (χ0v) is 26.2. The van der Waals surface area contributed by atoms with E-state index in [1.807, 2.05) is 91.3 Å². The number of para-hydroxylation sites is 2. The highest BCUT2D eigenvalue weighted by molar-refractivity contribution is 6.09. The highest BCUT2D eigenvalue weighted by Gasteiger charge is 2.30. The van der Waals surface area contributed by atoms with Crippen molar-refractivity contribution in [2.75, 3.05) is 25.1 Å². The van der Waals surface area contributed by atoms with Crippen LogP contribution in [0.15, 0.2) is 79.0 Å². The number of nitrogens with one attached hydrogen (secondary N) is 3. The number of hydrogen-bond donors (Lipinski definition) is 3. The molecule has 2 aromatic carbocycles. The molecule has 0 unspecified atom stereocenters. The molecular weight excluding hydrogens is 566 g/mol. The van der Waals surface area contributed by atoms with Crippen molar-refractivity contribution in [3.8, 4) is 0 Å². The average Bonchev–Trinajstić information content (AvgIpc) is 3.74. The Kier molecular flexibility index (Phi) is 8.41. The lowest BCUT2D eigenvalue weighted by Gasteiger charge is -2.29. The van der Waals surface area contributed by atoms with Crippen molar-refractivity contribution in [3.63, 3.8) is 0 Å². The quantitative estimate of drug-likeness (QED) is 0.237. The molecule has 2 amide bonds. The predicted octanol–water partition coefficient (Wildman–Crippen LogP) is 4.38. The molecule has 5 aromatic rings. The number of aryl methyl sites for hydroxylation is 3. The van der Waals surface area contributed by atoms with Crippen molar-refractivity contribution in [1.82, 2.24) is 39.7 Å². The van der Waals surface area contributed by atoms with E-state index in [4.69, 9.17) is 0 Å². The number of hydrogen-bond acceptors (Lipinski definition) is 6. The molecule has 0 aliphatic carbocycles. The highest BCUT2D eigenvalue weighted by Crippen LogP contribution is 2.30. The number of benzene rings is 2. The molecule has 2 aliphatic rings. The van der Waals surface area contributed by atoms with Crippen molar-refractivity contribution < 1.29 is 9.59 Å². The summed E-state index contributed by atoms with van der Waals surface area (Å²) in [6.45, 7) is 6.49. The molecule has 45 heavy (non-hydrogen) atoms. The van der Waals surface area contributed by atoms with E-state index in [1.165, 1.54) is 0 Å². The number of fused-ring (bicyclic) bond motifs is 3. The van der Waals surface area contributed by atoms with Crippen LogP contribution in [-0.2, 0) is 31.4 Å². The van der Waals surface area contributed by atoms with E-state index in [-0.39, 0.29) is 11.8 Å². The van der Waals surface area contributed by atoms with E-state index in [0.717, 1.165) is 75.7 Å². The largest absolute Gasteiger partial charge is 0.348 e. The zero-order valence-electron chi connectivity index (χ0n) is 26.2. The summed E-state index contributed by atoms with van der Waals surface area (Å²) < 4.78 is 2.15. The number of H-pyrrole nitrogens is 2. The Balaban J connectivity index is 0.000000159. The van der Waals surface area contributed by atoms with Crippen LogP contribution in [0.4, 0.5) is 5.69 Å². The van der Waals surface area contributed by atoms with Crippen LogP contribution in [0.3, 0.4) is 0 Å². The Hall–Kier alpha value is -5.32. The monoisotopic (exact) mass is 605 g/mol. The molecule has 11 nitrogen and oxygen atoms in total. The third-order valence-corrected chi connectivity index (χ3v) is 8.61. The molecule has 0 atom stereocenters. The molecule has 3 aromatic heterocycles. The van der Waals surface area contributed by atoms with E-state index in [1.54, 1.807) is 18.7 Å². The van der Waals surface area contributed by atoms with Gasteiger partial charge in [-0.25, -0.2) is 9.97 Å². The number of carbonyl (C=O) groups is 2. The Bertz CT molecular complexity index is 1850. The number of nitrogens with zero attached hydrogens (tertiary/aromatic N) is 6. The SMILES string of the molecule is Cc1[nH]cnc1CN1CCC(NN(C)c2ccccc2)=CC1=O.Cc1[nH]cnc1CN1CCc2c(c3ccccc3n2C)C1=O. The fraction of sp³-hybridized carbons (Fsp3) is 0.294.